The molecule has 8 rings (SSSR count). The van der Waals surface area contributed by atoms with E-state index in [4.69, 9.17) is 26.2 Å². The molecule has 0 aliphatic carbocycles. The number of nitrogens with one attached hydrogen (secondary N) is 2. The molecule has 5 aromatic carbocycles. The van der Waals surface area contributed by atoms with Gasteiger partial charge in [0.25, 0.3) is 11.8 Å². The van der Waals surface area contributed by atoms with Crippen LogP contribution < -0.4 is 10.6 Å². The van der Waals surface area contributed by atoms with Crippen molar-refractivity contribution in [3.05, 3.63) is 202 Å². The molecule has 0 radical (unpaired) electrons. The van der Waals surface area contributed by atoms with E-state index >= 15 is 0 Å². The summed E-state index contributed by atoms with van der Waals surface area (Å²) in [5.41, 5.74) is 4.50. The third-order valence-corrected chi connectivity index (χ3v) is 12.7. The van der Waals surface area contributed by atoms with Crippen molar-refractivity contribution in [2.24, 2.45) is 5.16 Å². The molecule has 1 fully saturated rings. The standard InChI is InChI=1S/C47H40ClN5O5S2/c1-2-57-52-38(37-30-60-46(49-37)51-47(34-22-12-5-13-23-34,35-24-14-6-15-25-35)36-26-16-7-17-27-36)42(54)50-39-43(55)53-40(33(28-48)29-59-44(39)53)45(56)58-41(31-18-8-3-9-19-31)32-20-10-4-11-21-32/h3-27,30,39,41,44H,2,28-29H2,1H3,(H,49,51)(H,50,54)/b52-38-. The maximum atomic E-state index is 14.1. The molecular weight excluding hydrogens is 814 g/mol. The minimum atomic E-state index is -0.967. The Kier molecular flexibility index (Phi) is 12.4. The zero-order chi connectivity index (χ0) is 41.5. The van der Waals surface area contributed by atoms with Gasteiger partial charge in [-0.3, -0.25) is 14.5 Å². The van der Waals surface area contributed by atoms with Gasteiger partial charge in [0, 0.05) is 17.0 Å². The predicted molar refractivity (Wildman–Crippen MR) is 237 cm³/mol. The summed E-state index contributed by atoms with van der Waals surface area (Å²) in [6.45, 7) is 1.96. The highest BCUT2D eigenvalue weighted by Gasteiger charge is 2.55. The molecule has 0 saturated carbocycles. The van der Waals surface area contributed by atoms with Crippen molar-refractivity contribution < 1.29 is 24.0 Å². The van der Waals surface area contributed by atoms with E-state index < -0.39 is 40.8 Å². The molecular formula is C47H40ClN5O5S2. The second-order valence-electron chi connectivity index (χ2n) is 13.9. The first-order chi connectivity index (χ1) is 29.4. The minimum absolute atomic E-state index is 0.0256. The molecule has 10 nitrogen and oxygen atoms in total. The van der Waals surface area contributed by atoms with E-state index in [1.807, 2.05) is 115 Å². The zero-order valence-electron chi connectivity index (χ0n) is 32.4. The molecule has 6 aromatic rings. The summed E-state index contributed by atoms with van der Waals surface area (Å²) < 4.78 is 6.18. The third kappa shape index (κ3) is 8.05. The topological polar surface area (TPSA) is 122 Å². The van der Waals surface area contributed by atoms with Crippen LogP contribution in [0.5, 0.6) is 0 Å². The van der Waals surface area contributed by atoms with E-state index in [0.29, 0.717) is 16.5 Å². The fourth-order valence-corrected chi connectivity index (χ4v) is 9.88. The Balaban J connectivity index is 1.04. The molecule has 3 heterocycles. The first-order valence-corrected chi connectivity index (χ1v) is 21.8. The molecule has 302 valence electrons. The number of β-lactam (4-membered cyclic amide) rings is 1. The summed E-state index contributed by atoms with van der Waals surface area (Å²) >= 11 is 9.10. The molecule has 2 aliphatic heterocycles. The molecule has 0 bridgehead atoms. The summed E-state index contributed by atoms with van der Waals surface area (Å²) in [4.78, 5) is 53.9. The number of ether oxygens (including phenoxy) is 1. The second kappa shape index (κ2) is 18.4. The van der Waals surface area contributed by atoms with Crippen LogP contribution in [0.1, 0.15) is 46.5 Å². The van der Waals surface area contributed by atoms with Crippen LogP contribution in [0.25, 0.3) is 0 Å². The van der Waals surface area contributed by atoms with Gasteiger partial charge in [0.2, 0.25) is 0 Å². The smallest absolute Gasteiger partial charge is 0.356 e. The zero-order valence-corrected chi connectivity index (χ0v) is 34.8. The van der Waals surface area contributed by atoms with Crippen molar-refractivity contribution in [1.82, 2.24) is 15.2 Å². The van der Waals surface area contributed by atoms with Crippen molar-refractivity contribution in [1.29, 1.82) is 0 Å². The quantitative estimate of drug-likeness (QED) is 0.0264. The van der Waals surface area contributed by atoms with Crippen LogP contribution in [-0.2, 0) is 29.5 Å². The number of amides is 2. The summed E-state index contributed by atoms with van der Waals surface area (Å²) in [7, 11) is 0. The average molecular weight is 854 g/mol. The van der Waals surface area contributed by atoms with Crippen LogP contribution in [0.4, 0.5) is 5.13 Å². The Morgan fingerprint density at radius 1 is 0.833 bits per heavy atom. The van der Waals surface area contributed by atoms with Gasteiger partial charge in [-0.2, -0.15) is 0 Å². The number of aromatic nitrogens is 1. The normalized spacial score (nSPS) is 16.5. The van der Waals surface area contributed by atoms with Crippen LogP contribution in [0.15, 0.2) is 173 Å². The lowest BCUT2D eigenvalue weighted by atomic mass is 9.77. The van der Waals surface area contributed by atoms with Gasteiger partial charge < -0.3 is 20.2 Å². The number of nitrogens with zero attached hydrogens (tertiary/aromatic N) is 3. The summed E-state index contributed by atoms with van der Waals surface area (Å²) in [5.74, 6) is -1.41. The molecule has 13 heteroatoms. The van der Waals surface area contributed by atoms with Crippen LogP contribution in [0.3, 0.4) is 0 Å². The van der Waals surface area contributed by atoms with Crippen molar-refractivity contribution in [3.8, 4) is 0 Å². The summed E-state index contributed by atoms with van der Waals surface area (Å²) in [6, 6.07) is 48.2. The summed E-state index contributed by atoms with van der Waals surface area (Å²) in [6.07, 6.45) is -0.725. The largest absolute Gasteiger partial charge is 0.448 e. The number of thiazole rings is 1. The van der Waals surface area contributed by atoms with Crippen molar-refractivity contribution in [2.75, 3.05) is 23.6 Å². The van der Waals surface area contributed by atoms with Crippen LogP contribution in [0.2, 0.25) is 0 Å². The molecule has 2 atom stereocenters. The van der Waals surface area contributed by atoms with E-state index in [1.165, 1.54) is 28.0 Å². The Hall–Kier alpha value is -6.21. The fraction of sp³-hybridized carbons (Fsp3) is 0.170. The lowest BCUT2D eigenvalue weighted by Gasteiger charge is -2.49. The number of carbonyl (C=O) groups is 3. The second-order valence-corrected chi connectivity index (χ2v) is 16.2. The van der Waals surface area contributed by atoms with Crippen LogP contribution >= 0.6 is 34.7 Å². The monoisotopic (exact) mass is 853 g/mol. The van der Waals surface area contributed by atoms with E-state index in [1.54, 1.807) is 12.3 Å². The lowest BCUT2D eigenvalue weighted by molar-refractivity contribution is -0.154. The highest BCUT2D eigenvalue weighted by molar-refractivity contribution is 8.00. The minimum Gasteiger partial charge on any atom is -0.448 e. The lowest BCUT2D eigenvalue weighted by Crippen LogP contribution is -2.71. The van der Waals surface area contributed by atoms with Gasteiger partial charge in [-0.15, -0.1) is 34.7 Å². The SMILES string of the molecule is CCO/N=C(\C(=O)NC1C(=O)N2C(C(=O)OC(c3ccccc3)c3ccccc3)=C(CCl)CSC12)c1csc(NC(c2ccccc2)(c2ccccc2)c2ccccc2)n1. The Labute approximate surface area is 361 Å². The van der Waals surface area contributed by atoms with Crippen molar-refractivity contribution in [3.63, 3.8) is 0 Å². The van der Waals surface area contributed by atoms with Gasteiger partial charge in [0.1, 0.15) is 35.0 Å². The summed E-state index contributed by atoms with van der Waals surface area (Å²) in [5, 5.41) is 12.5. The number of rotatable bonds is 15. The highest BCUT2D eigenvalue weighted by atomic mass is 35.5. The van der Waals surface area contributed by atoms with E-state index in [9.17, 15) is 14.4 Å². The number of esters is 1. The highest BCUT2D eigenvalue weighted by Crippen LogP contribution is 2.43. The number of carbonyl (C=O) groups excluding carboxylic acids is 3. The molecule has 2 N–H and O–H groups in total. The number of alkyl halides is 1. The van der Waals surface area contributed by atoms with Gasteiger partial charge in [-0.25, -0.2) is 9.78 Å². The number of thioether (sulfide) groups is 1. The molecule has 2 unspecified atom stereocenters. The first-order valence-electron chi connectivity index (χ1n) is 19.4. The Morgan fingerprint density at radius 2 is 1.35 bits per heavy atom. The van der Waals surface area contributed by atoms with Gasteiger partial charge in [-0.05, 0) is 40.3 Å². The first kappa shape index (κ1) is 40.6. The maximum Gasteiger partial charge on any atom is 0.356 e. The number of benzene rings is 5. The van der Waals surface area contributed by atoms with Gasteiger partial charge in [0.15, 0.2) is 16.9 Å². The van der Waals surface area contributed by atoms with Gasteiger partial charge in [-0.1, -0.05) is 157 Å². The van der Waals surface area contributed by atoms with E-state index in [2.05, 4.69) is 52.2 Å². The van der Waals surface area contributed by atoms with Gasteiger partial charge >= 0.3 is 5.97 Å². The third-order valence-electron chi connectivity index (χ3n) is 10.3. The van der Waals surface area contributed by atoms with Crippen molar-refractivity contribution in [2.45, 2.75) is 30.0 Å². The number of halogens is 1. The van der Waals surface area contributed by atoms with E-state index in [0.717, 1.165) is 27.8 Å². The number of hydrogen-bond acceptors (Lipinski definition) is 10. The molecule has 1 aromatic heterocycles. The average Bonchev–Trinajstić information content (AvgIpc) is 3.77. The van der Waals surface area contributed by atoms with E-state index in [-0.39, 0.29) is 29.6 Å². The molecule has 60 heavy (non-hydrogen) atoms. The maximum absolute atomic E-state index is 14.1. The Morgan fingerprint density at radius 3 is 1.85 bits per heavy atom. The Bertz CT molecular complexity index is 2370. The molecule has 2 aliphatic rings. The van der Waals surface area contributed by atoms with Crippen LogP contribution in [-0.4, -0.2) is 63.0 Å². The molecule has 2 amide bonds. The fourth-order valence-electron chi connectivity index (χ4n) is 7.45. The number of fused-ring (bicyclic) bond motifs is 1. The van der Waals surface area contributed by atoms with Gasteiger partial charge in [0.05, 0.1) is 0 Å². The number of oxime groups is 1. The molecule has 0 spiro atoms. The predicted octanol–water partition coefficient (Wildman–Crippen LogP) is 8.51. The number of anilines is 1. The number of hydrogen-bond donors (Lipinski definition) is 2. The molecule has 1 saturated heterocycles. The van der Waals surface area contributed by atoms with Crippen molar-refractivity contribution >= 4 is 63.3 Å². The van der Waals surface area contributed by atoms with Crippen LogP contribution in [0, 0.1) is 0 Å².